The van der Waals surface area contributed by atoms with Crippen molar-refractivity contribution in [2.24, 2.45) is 0 Å². The van der Waals surface area contributed by atoms with E-state index in [1.165, 1.54) is 37.9 Å². The van der Waals surface area contributed by atoms with Gasteiger partial charge in [-0.25, -0.2) is 0 Å². The molecule has 1 aliphatic heterocycles. The Labute approximate surface area is 62.4 Å². The second kappa shape index (κ2) is 4.21. The van der Waals surface area contributed by atoms with E-state index in [4.69, 9.17) is 0 Å². The van der Waals surface area contributed by atoms with E-state index in [-0.39, 0.29) is 0 Å². The largest absolute Gasteiger partial charge is 0.159 e. The van der Waals surface area contributed by atoms with Gasteiger partial charge in [-0.3, -0.25) is 0 Å². The summed E-state index contributed by atoms with van der Waals surface area (Å²) in [6.07, 6.45) is 7.25. The number of rotatable bonds is 2. The molecule has 0 nitrogen and oxygen atoms in total. The molecule has 0 bridgehead atoms. The van der Waals surface area contributed by atoms with Crippen molar-refractivity contribution in [1.29, 1.82) is 0 Å². The van der Waals surface area contributed by atoms with Crippen molar-refractivity contribution in [2.75, 3.05) is 5.75 Å². The van der Waals surface area contributed by atoms with Crippen LogP contribution in [0.5, 0.6) is 0 Å². The van der Waals surface area contributed by atoms with E-state index in [0.717, 1.165) is 5.25 Å². The van der Waals surface area contributed by atoms with Crippen molar-refractivity contribution in [3.63, 3.8) is 0 Å². The zero-order valence-corrected chi connectivity index (χ0v) is 7.04. The van der Waals surface area contributed by atoms with Gasteiger partial charge in [0.1, 0.15) is 0 Å². The molecule has 1 fully saturated rings. The van der Waals surface area contributed by atoms with E-state index in [1.54, 1.807) is 0 Å². The van der Waals surface area contributed by atoms with Gasteiger partial charge in [-0.2, -0.15) is 11.8 Å². The minimum absolute atomic E-state index is 1.02. The second-order valence-electron chi connectivity index (χ2n) is 2.78. The average molecular weight is 144 g/mol. The van der Waals surface area contributed by atoms with Crippen LogP contribution in [0, 0.1) is 0 Å². The van der Waals surface area contributed by atoms with Gasteiger partial charge in [-0.15, -0.1) is 0 Å². The van der Waals surface area contributed by atoms with Gasteiger partial charge in [0, 0.05) is 5.25 Å². The summed E-state index contributed by atoms with van der Waals surface area (Å²) in [6.45, 7) is 2.29. The summed E-state index contributed by atoms with van der Waals surface area (Å²) in [5.41, 5.74) is 0. The summed E-state index contributed by atoms with van der Waals surface area (Å²) in [5.74, 6) is 1.42. The molecule has 0 saturated carbocycles. The maximum absolute atomic E-state index is 2.29. The Balaban J connectivity index is 2.08. The van der Waals surface area contributed by atoms with Gasteiger partial charge in [0.2, 0.25) is 0 Å². The Morgan fingerprint density at radius 2 is 2.33 bits per heavy atom. The molecule has 0 radical (unpaired) electrons. The molecule has 1 atom stereocenters. The summed E-state index contributed by atoms with van der Waals surface area (Å²) in [5, 5.41) is 1.02. The summed E-state index contributed by atoms with van der Waals surface area (Å²) in [6, 6.07) is 0. The molecule has 54 valence electrons. The summed E-state index contributed by atoms with van der Waals surface area (Å²) in [4.78, 5) is 0. The Morgan fingerprint density at radius 3 is 2.89 bits per heavy atom. The van der Waals surface area contributed by atoms with Crippen LogP contribution in [0.15, 0.2) is 0 Å². The average Bonchev–Trinajstić information content (AvgIpc) is 1.91. The fraction of sp³-hybridized carbons (Fsp3) is 1.00. The molecule has 0 aromatic rings. The quantitative estimate of drug-likeness (QED) is 0.574. The van der Waals surface area contributed by atoms with E-state index in [9.17, 15) is 0 Å². The first-order valence-corrected chi connectivity index (χ1v) is 5.10. The third kappa shape index (κ3) is 2.61. The third-order valence-electron chi connectivity index (χ3n) is 1.88. The Morgan fingerprint density at radius 1 is 1.44 bits per heavy atom. The summed E-state index contributed by atoms with van der Waals surface area (Å²) < 4.78 is 0. The number of thioether (sulfide) groups is 1. The highest BCUT2D eigenvalue weighted by Gasteiger charge is 2.11. The molecule has 1 aliphatic rings. The van der Waals surface area contributed by atoms with Gasteiger partial charge in [0.25, 0.3) is 0 Å². The highest BCUT2D eigenvalue weighted by Crippen LogP contribution is 2.27. The fourth-order valence-electron chi connectivity index (χ4n) is 1.36. The lowest BCUT2D eigenvalue weighted by molar-refractivity contribution is 0.622. The minimum Gasteiger partial charge on any atom is -0.159 e. The normalized spacial score (nSPS) is 28.3. The maximum Gasteiger partial charge on any atom is 0.00469 e. The van der Waals surface area contributed by atoms with E-state index < -0.39 is 0 Å². The Bertz CT molecular complexity index is 62.2. The molecule has 1 rings (SSSR count). The molecule has 0 aromatic carbocycles. The number of hydrogen-bond acceptors (Lipinski definition) is 1. The summed E-state index contributed by atoms with van der Waals surface area (Å²) >= 11 is 2.19. The molecule has 0 aromatic heterocycles. The van der Waals surface area contributed by atoms with Crippen LogP contribution < -0.4 is 0 Å². The zero-order chi connectivity index (χ0) is 6.53. The maximum atomic E-state index is 2.29. The summed E-state index contributed by atoms with van der Waals surface area (Å²) in [7, 11) is 0. The Kier molecular flexibility index (Phi) is 3.49. The molecule has 0 spiro atoms. The number of hydrogen-bond donors (Lipinski definition) is 0. The van der Waals surface area contributed by atoms with Crippen molar-refractivity contribution in [1.82, 2.24) is 0 Å². The minimum atomic E-state index is 1.02. The molecule has 1 heteroatoms. The molecule has 0 aliphatic carbocycles. The van der Waals surface area contributed by atoms with Crippen LogP contribution in [-0.4, -0.2) is 11.0 Å². The van der Waals surface area contributed by atoms with Crippen molar-refractivity contribution in [2.45, 2.75) is 44.3 Å². The van der Waals surface area contributed by atoms with E-state index >= 15 is 0 Å². The van der Waals surface area contributed by atoms with Crippen LogP contribution >= 0.6 is 11.8 Å². The van der Waals surface area contributed by atoms with Crippen LogP contribution in [0.2, 0.25) is 0 Å². The van der Waals surface area contributed by atoms with E-state index in [1.807, 2.05) is 0 Å². The van der Waals surface area contributed by atoms with E-state index in [0.29, 0.717) is 0 Å². The SMILES string of the molecule is CCCC1CCCCS1. The molecule has 9 heavy (non-hydrogen) atoms. The van der Waals surface area contributed by atoms with Crippen molar-refractivity contribution >= 4 is 11.8 Å². The molecule has 1 heterocycles. The van der Waals surface area contributed by atoms with Gasteiger partial charge in [0.15, 0.2) is 0 Å². The van der Waals surface area contributed by atoms with Crippen LogP contribution in [0.4, 0.5) is 0 Å². The molecule has 0 N–H and O–H groups in total. The van der Waals surface area contributed by atoms with E-state index in [2.05, 4.69) is 18.7 Å². The standard InChI is InChI=1S/C8H16S/c1-2-5-8-6-3-4-7-9-8/h8H,2-7H2,1H3. The highest BCUT2D eigenvalue weighted by molar-refractivity contribution is 7.99. The van der Waals surface area contributed by atoms with Crippen LogP contribution in [0.25, 0.3) is 0 Å². The molecular formula is C8H16S. The molecule has 0 amide bonds. The van der Waals surface area contributed by atoms with Gasteiger partial charge in [-0.1, -0.05) is 19.8 Å². The second-order valence-corrected chi connectivity index (χ2v) is 4.19. The lowest BCUT2D eigenvalue weighted by Crippen LogP contribution is -2.08. The smallest absolute Gasteiger partial charge is 0.00469 e. The molecule has 1 unspecified atom stereocenters. The lowest BCUT2D eigenvalue weighted by atomic mass is 10.1. The van der Waals surface area contributed by atoms with Crippen LogP contribution in [0.3, 0.4) is 0 Å². The van der Waals surface area contributed by atoms with Gasteiger partial charge in [0.05, 0.1) is 0 Å². The fourth-order valence-corrected chi connectivity index (χ4v) is 2.80. The Hall–Kier alpha value is 0.350. The van der Waals surface area contributed by atoms with Crippen molar-refractivity contribution in [3.8, 4) is 0 Å². The topological polar surface area (TPSA) is 0 Å². The van der Waals surface area contributed by atoms with Crippen LogP contribution in [-0.2, 0) is 0 Å². The lowest BCUT2D eigenvalue weighted by Gasteiger charge is -2.19. The molecular weight excluding hydrogens is 128 g/mol. The predicted molar refractivity (Wildman–Crippen MR) is 45.0 cm³/mol. The highest BCUT2D eigenvalue weighted by atomic mass is 32.2. The van der Waals surface area contributed by atoms with Crippen LogP contribution in [0.1, 0.15) is 39.0 Å². The monoisotopic (exact) mass is 144 g/mol. The zero-order valence-electron chi connectivity index (χ0n) is 6.23. The first kappa shape index (κ1) is 7.46. The predicted octanol–water partition coefficient (Wildman–Crippen LogP) is 3.07. The third-order valence-corrected chi connectivity index (χ3v) is 3.35. The first-order chi connectivity index (χ1) is 4.43. The van der Waals surface area contributed by atoms with Gasteiger partial charge < -0.3 is 0 Å². The van der Waals surface area contributed by atoms with Crippen molar-refractivity contribution < 1.29 is 0 Å². The van der Waals surface area contributed by atoms with Crippen molar-refractivity contribution in [3.05, 3.63) is 0 Å². The van der Waals surface area contributed by atoms with Gasteiger partial charge in [-0.05, 0) is 25.0 Å². The molecule has 1 saturated heterocycles. The van der Waals surface area contributed by atoms with Gasteiger partial charge >= 0.3 is 0 Å². The first-order valence-electron chi connectivity index (χ1n) is 4.05.